The summed E-state index contributed by atoms with van der Waals surface area (Å²) in [4.78, 5) is 15.5. The third kappa shape index (κ3) is 2.38. The van der Waals surface area contributed by atoms with E-state index in [9.17, 15) is 9.18 Å². The molecule has 0 aliphatic rings. The van der Waals surface area contributed by atoms with Gasteiger partial charge in [0.1, 0.15) is 11.6 Å². The Morgan fingerprint density at radius 1 is 1.19 bits per heavy atom. The first-order valence-corrected chi connectivity index (χ1v) is 6.63. The Hall–Kier alpha value is -2.33. The van der Waals surface area contributed by atoms with Crippen LogP contribution in [0.4, 0.5) is 4.39 Å². The number of carbonyl (C=O) groups excluding carboxylic acids is 1. The molecule has 1 aromatic heterocycles. The van der Waals surface area contributed by atoms with Crippen LogP contribution in [-0.2, 0) is 0 Å². The molecule has 2 aromatic carbocycles. The van der Waals surface area contributed by atoms with Crippen molar-refractivity contribution in [1.29, 1.82) is 0 Å². The number of rotatable bonds is 3. The first-order chi connectivity index (χ1) is 10.1. The molecule has 0 unspecified atom stereocenters. The molecule has 3 nitrogen and oxygen atoms in total. The van der Waals surface area contributed by atoms with Gasteiger partial charge >= 0.3 is 0 Å². The number of nitrogens with one attached hydrogen (secondary N) is 1. The van der Waals surface area contributed by atoms with E-state index in [-0.39, 0.29) is 11.3 Å². The Labute approximate surface area is 125 Å². The van der Waals surface area contributed by atoms with E-state index in [0.717, 1.165) is 5.52 Å². The van der Waals surface area contributed by atoms with Gasteiger partial charge in [-0.2, -0.15) is 0 Å². The zero-order valence-corrected chi connectivity index (χ0v) is 11.9. The molecule has 0 aliphatic heterocycles. The number of methoxy groups -OCH3 is 1. The highest BCUT2D eigenvalue weighted by molar-refractivity contribution is 6.31. The molecule has 0 bridgehead atoms. The van der Waals surface area contributed by atoms with Crippen LogP contribution in [0.1, 0.15) is 15.9 Å². The third-order valence-corrected chi connectivity index (χ3v) is 3.54. The van der Waals surface area contributed by atoms with Crippen molar-refractivity contribution in [2.75, 3.05) is 7.11 Å². The van der Waals surface area contributed by atoms with Crippen molar-refractivity contribution in [2.24, 2.45) is 0 Å². The first-order valence-electron chi connectivity index (χ1n) is 6.25. The maximum Gasteiger partial charge on any atom is 0.198 e. The quantitative estimate of drug-likeness (QED) is 0.737. The Morgan fingerprint density at radius 3 is 2.71 bits per heavy atom. The van der Waals surface area contributed by atoms with Crippen LogP contribution >= 0.6 is 11.6 Å². The van der Waals surface area contributed by atoms with Crippen LogP contribution in [0.25, 0.3) is 10.9 Å². The molecule has 106 valence electrons. The molecule has 21 heavy (non-hydrogen) atoms. The summed E-state index contributed by atoms with van der Waals surface area (Å²) < 4.78 is 18.9. The normalized spacial score (nSPS) is 10.8. The number of hydrogen-bond donors (Lipinski definition) is 1. The molecule has 0 spiro atoms. The predicted molar refractivity (Wildman–Crippen MR) is 79.7 cm³/mol. The van der Waals surface area contributed by atoms with Gasteiger partial charge in [-0.15, -0.1) is 0 Å². The fourth-order valence-electron chi connectivity index (χ4n) is 2.24. The topological polar surface area (TPSA) is 42.1 Å². The van der Waals surface area contributed by atoms with Gasteiger partial charge in [0.25, 0.3) is 0 Å². The van der Waals surface area contributed by atoms with Crippen molar-refractivity contribution in [3.63, 3.8) is 0 Å². The summed E-state index contributed by atoms with van der Waals surface area (Å²) in [6.07, 6.45) is 1.56. The van der Waals surface area contributed by atoms with Gasteiger partial charge in [0, 0.05) is 33.8 Å². The van der Waals surface area contributed by atoms with E-state index in [4.69, 9.17) is 16.3 Å². The number of benzene rings is 2. The van der Waals surface area contributed by atoms with E-state index in [1.165, 1.54) is 19.2 Å². The van der Waals surface area contributed by atoms with Crippen LogP contribution < -0.4 is 4.74 Å². The number of aromatic nitrogens is 1. The molecule has 0 saturated carbocycles. The van der Waals surface area contributed by atoms with Gasteiger partial charge < -0.3 is 9.72 Å². The van der Waals surface area contributed by atoms with Crippen molar-refractivity contribution in [3.05, 3.63) is 64.6 Å². The standard InChI is InChI=1S/C16H11ClFNO2/c1-21-10-3-5-12(14(18)7-10)16(20)13-8-19-15-6-9(17)2-4-11(13)15/h2-8,19H,1H3. The highest BCUT2D eigenvalue weighted by Crippen LogP contribution is 2.26. The summed E-state index contributed by atoms with van der Waals surface area (Å²) in [6, 6.07) is 9.33. The zero-order valence-electron chi connectivity index (χ0n) is 11.1. The maximum atomic E-state index is 14.0. The van der Waals surface area contributed by atoms with Gasteiger partial charge in [-0.3, -0.25) is 4.79 Å². The lowest BCUT2D eigenvalue weighted by atomic mass is 10.0. The van der Waals surface area contributed by atoms with Gasteiger partial charge in [-0.05, 0) is 24.3 Å². The van der Waals surface area contributed by atoms with E-state index in [1.54, 1.807) is 30.5 Å². The van der Waals surface area contributed by atoms with Crippen LogP contribution in [0.5, 0.6) is 5.75 Å². The maximum absolute atomic E-state index is 14.0. The van der Waals surface area contributed by atoms with E-state index in [1.807, 2.05) is 0 Å². The smallest absolute Gasteiger partial charge is 0.198 e. The summed E-state index contributed by atoms with van der Waals surface area (Å²) in [6.45, 7) is 0. The molecule has 3 aromatic rings. The van der Waals surface area contributed by atoms with Crippen molar-refractivity contribution >= 4 is 28.3 Å². The van der Waals surface area contributed by atoms with Gasteiger partial charge in [-0.1, -0.05) is 17.7 Å². The number of ketones is 1. The first kappa shape index (κ1) is 13.6. The molecule has 0 radical (unpaired) electrons. The van der Waals surface area contributed by atoms with Gasteiger partial charge in [0.15, 0.2) is 5.78 Å². The minimum atomic E-state index is -0.609. The van der Waals surface area contributed by atoms with Gasteiger partial charge in [0.2, 0.25) is 0 Å². The van der Waals surface area contributed by atoms with Crippen LogP contribution in [0.3, 0.4) is 0 Å². The highest BCUT2D eigenvalue weighted by atomic mass is 35.5. The van der Waals surface area contributed by atoms with Crippen molar-refractivity contribution in [1.82, 2.24) is 4.98 Å². The second-order valence-electron chi connectivity index (χ2n) is 4.57. The Balaban J connectivity index is 2.08. The fraction of sp³-hybridized carbons (Fsp3) is 0.0625. The van der Waals surface area contributed by atoms with E-state index < -0.39 is 5.82 Å². The average molecular weight is 304 g/mol. The molecular formula is C16H11ClFNO2. The summed E-state index contributed by atoms with van der Waals surface area (Å²) in [5.74, 6) is -0.624. The van der Waals surface area contributed by atoms with Gasteiger partial charge in [0.05, 0.1) is 12.7 Å². The molecule has 1 heterocycles. The van der Waals surface area contributed by atoms with Crippen molar-refractivity contribution in [2.45, 2.75) is 0 Å². The summed E-state index contributed by atoms with van der Waals surface area (Å²) >= 11 is 5.90. The van der Waals surface area contributed by atoms with Crippen LogP contribution in [0, 0.1) is 5.82 Å². The lowest BCUT2D eigenvalue weighted by molar-refractivity contribution is 0.103. The predicted octanol–water partition coefficient (Wildman–Crippen LogP) is 4.20. The van der Waals surface area contributed by atoms with Crippen molar-refractivity contribution in [3.8, 4) is 5.75 Å². The number of hydrogen-bond acceptors (Lipinski definition) is 2. The monoisotopic (exact) mass is 303 g/mol. The highest BCUT2D eigenvalue weighted by Gasteiger charge is 2.18. The largest absolute Gasteiger partial charge is 0.497 e. The molecule has 0 amide bonds. The molecule has 0 atom stereocenters. The SMILES string of the molecule is COc1ccc(C(=O)c2c[nH]c3cc(Cl)ccc23)c(F)c1. The Kier molecular flexibility index (Phi) is 3.39. The fourth-order valence-corrected chi connectivity index (χ4v) is 2.41. The number of ether oxygens (including phenoxy) is 1. The van der Waals surface area contributed by atoms with Crippen LogP contribution in [0.15, 0.2) is 42.6 Å². The second kappa shape index (κ2) is 5.22. The molecule has 0 aliphatic carbocycles. The Morgan fingerprint density at radius 2 is 2.00 bits per heavy atom. The van der Waals surface area contributed by atoms with E-state index >= 15 is 0 Å². The molecule has 3 rings (SSSR count). The molecule has 5 heteroatoms. The number of halogens is 2. The number of aromatic amines is 1. The van der Waals surface area contributed by atoms with Crippen molar-refractivity contribution < 1.29 is 13.9 Å². The number of H-pyrrole nitrogens is 1. The van der Waals surface area contributed by atoms with E-state index in [2.05, 4.69) is 4.98 Å². The van der Waals surface area contributed by atoms with Crippen LogP contribution in [0.2, 0.25) is 5.02 Å². The lowest BCUT2D eigenvalue weighted by Crippen LogP contribution is -2.03. The second-order valence-corrected chi connectivity index (χ2v) is 5.00. The molecule has 1 N–H and O–H groups in total. The molecule has 0 saturated heterocycles. The third-order valence-electron chi connectivity index (χ3n) is 3.31. The minimum absolute atomic E-state index is 0.00616. The van der Waals surface area contributed by atoms with E-state index in [0.29, 0.717) is 21.7 Å². The average Bonchev–Trinajstić information content (AvgIpc) is 2.89. The van der Waals surface area contributed by atoms with Crippen LogP contribution in [-0.4, -0.2) is 17.9 Å². The minimum Gasteiger partial charge on any atom is -0.497 e. The number of carbonyl (C=O) groups is 1. The number of fused-ring (bicyclic) bond motifs is 1. The summed E-state index contributed by atoms with van der Waals surface area (Å²) in [7, 11) is 1.44. The lowest BCUT2D eigenvalue weighted by Gasteiger charge is -2.04. The molecule has 0 fully saturated rings. The Bertz CT molecular complexity index is 841. The summed E-state index contributed by atoms with van der Waals surface area (Å²) in [5.41, 5.74) is 1.15. The zero-order chi connectivity index (χ0) is 15.0. The molecular weight excluding hydrogens is 293 g/mol. The summed E-state index contributed by atoms with van der Waals surface area (Å²) in [5, 5.41) is 1.28. The van der Waals surface area contributed by atoms with Gasteiger partial charge in [-0.25, -0.2) is 4.39 Å².